The van der Waals surface area contributed by atoms with E-state index < -0.39 is 0 Å². The van der Waals surface area contributed by atoms with E-state index in [4.69, 9.17) is 11.6 Å². The number of carbonyl (C=O) groups excluding carboxylic acids is 4. The smallest absolute Gasteiger partial charge is 1.00 e. The second kappa shape index (κ2) is 17.5. The molecule has 0 aromatic heterocycles. The molecule has 4 amide bonds. The van der Waals surface area contributed by atoms with Crippen molar-refractivity contribution in [1.29, 1.82) is 0 Å². The number of fused-ring (bicyclic) bond motifs is 4. The topological polar surface area (TPSA) is 90.0 Å². The molecule has 48 heavy (non-hydrogen) atoms. The number of hydrogen-bond donors (Lipinski definition) is 1. The zero-order valence-electron chi connectivity index (χ0n) is 29.5. The van der Waals surface area contributed by atoms with Crippen LogP contribution in [0.15, 0.2) is 48.5 Å². The number of halogens is 1. The zero-order chi connectivity index (χ0) is 32.8. The number of carbonyl (C=O) groups is 4. The first-order valence-corrected chi connectivity index (χ1v) is 18.3. The Bertz CT molecular complexity index is 1450. The molecular formula is C38H50ClN4NaO4. The molecule has 2 saturated carbocycles. The van der Waals surface area contributed by atoms with Crippen LogP contribution in [-0.4, -0.2) is 76.9 Å². The summed E-state index contributed by atoms with van der Waals surface area (Å²) in [5, 5.41) is 2.84. The fourth-order valence-corrected chi connectivity index (χ4v) is 8.67. The van der Waals surface area contributed by atoms with E-state index in [1.165, 1.54) is 29.5 Å². The zero-order valence-corrected chi connectivity index (χ0v) is 31.3. The summed E-state index contributed by atoms with van der Waals surface area (Å²) in [5.41, 5.74) is 4.95. The van der Waals surface area contributed by atoms with E-state index in [2.05, 4.69) is 29.6 Å². The molecular weight excluding hydrogens is 635 g/mol. The van der Waals surface area contributed by atoms with Crippen molar-refractivity contribution in [3.05, 3.63) is 70.8 Å². The number of rotatable bonds is 5. The Labute approximate surface area is 314 Å². The first kappa shape index (κ1) is 36.9. The fraction of sp³-hybridized carbons (Fsp3) is 0.579. The minimum Gasteiger partial charge on any atom is -1.00 e. The fourth-order valence-electron chi connectivity index (χ4n) is 8.34. The predicted molar refractivity (Wildman–Crippen MR) is 184 cm³/mol. The second-order valence-electron chi connectivity index (χ2n) is 13.9. The van der Waals surface area contributed by atoms with Gasteiger partial charge in [-0.3, -0.25) is 19.2 Å². The van der Waals surface area contributed by atoms with Gasteiger partial charge >= 0.3 is 29.6 Å². The molecule has 3 heterocycles. The molecule has 2 aromatic carbocycles. The van der Waals surface area contributed by atoms with Gasteiger partial charge in [0.2, 0.25) is 23.6 Å². The van der Waals surface area contributed by atoms with Crippen LogP contribution in [0.3, 0.4) is 0 Å². The van der Waals surface area contributed by atoms with Crippen molar-refractivity contribution in [3.63, 3.8) is 0 Å². The van der Waals surface area contributed by atoms with Crippen molar-refractivity contribution in [2.75, 3.05) is 38.6 Å². The summed E-state index contributed by atoms with van der Waals surface area (Å²) >= 11 is 6.15. The van der Waals surface area contributed by atoms with Crippen molar-refractivity contribution in [1.82, 2.24) is 20.0 Å². The number of benzene rings is 2. The maximum absolute atomic E-state index is 12.8. The quantitative estimate of drug-likeness (QED) is 0.388. The molecule has 5 aliphatic rings. The number of nitrogens with zero attached hydrogens (tertiary/aromatic N) is 3. The second-order valence-corrected chi connectivity index (χ2v) is 14.2. The van der Waals surface area contributed by atoms with E-state index in [-0.39, 0.29) is 91.6 Å². The van der Waals surface area contributed by atoms with Crippen molar-refractivity contribution in [2.24, 2.45) is 11.8 Å². The molecule has 1 saturated heterocycles. The molecule has 1 N–H and O–H groups in total. The van der Waals surface area contributed by atoms with Gasteiger partial charge < -0.3 is 21.4 Å². The Hall–Kier alpha value is -2.39. The Morgan fingerprint density at radius 2 is 1.38 bits per heavy atom. The Morgan fingerprint density at radius 3 is 2.04 bits per heavy atom. The Morgan fingerprint density at radius 1 is 0.792 bits per heavy atom. The number of hydrogen-bond acceptors (Lipinski definition) is 4. The minimum absolute atomic E-state index is 0. The molecule has 3 fully saturated rings. The molecule has 7 rings (SSSR count). The van der Waals surface area contributed by atoms with Crippen molar-refractivity contribution >= 4 is 35.2 Å². The van der Waals surface area contributed by atoms with E-state index in [0.717, 1.165) is 76.3 Å². The average Bonchev–Trinajstić information content (AvgIpc) is 3.13. The molecule has 2 atom stereocenters. The standard InChI is InChI=1S/C19H25ClN2O2.C19H24N2O2.Na.H/c20-12-17-16-9-5-4-6-14(16)10-11-22(17)18(23)13-21-19(24)15-7-2-1-3-8-15;22-18-13-20(19(23)15-7-2-1-3-8-15)12-17-16-9-5-4-6-14(16)10-11-21(17)18;;/h4-6,9,15,17H,1-3,7-8,10-13H2,(H,21,24);4-6,9,15,17H,1-3,7-8,10-13H2;;/q;;+1;-1/t2*17-;;/m00../s1. The molecule has 3 aliphatic heterocycles. The summed E-state index contributed by atoms with van der Waals surface area (Å²) in [5.74, 6) is 0.904. The van der Waals surface area contributed by atoms with E-state index >= 15 is 0 Å². The maximum atomic E-state index is 12.8. The van der Waals surface area contributed by atoms with Gasteiger partial charge in [-0.25, -0.2) is 0 Å². The molecule has 0 spiro atoms. The van der Waals surface area contributed by atoms with Crippen LogP contribution in [0.5, 0.6) is 0 Å². The summed E-state index contributed by atoms with van der Waals surface area (Å²) in [4.78, 5) is 55.9. The summed E-state index contributed by atoms with van der Waals surface area (Å²) in [6.07, 6.45) is 12.6. The van der Waals surface area contributed by atoms with E-state index in [9.17, 15) is 19.2 Å². The largest absolute Gasteiger partial charge is 1.00 e. The average molecular weight is 685 g/mol. The summed E-state index contributed by atoms with van der Waals surface area (Å²) < 4.78 is 0. The molecule has 0 radical (unpaired) electrons. The monoisotopic (exact) mass is 684 g/mol. The van der Waals surface area contributed by atoms with Crippen LogP contribution in [0.25, 0.3) is 0 Å². The van der Waals surface area contributed by atoms with E-state index in [1.54, 1.807) is 0 Å². The van der Waals surface area contributed by atoms with Crippen molar-refractivity contribution < 1.29 is 50.2 Å². The molecule has 0 bridgehead atoms. The van der Waals surface area contributed by atoms with Gasteiger partial charge in [-0.05, 0) is 60.8 Å². The van der Waals surface area contributed by atoms with Gasteiger partial charge in [0.25, 0.3) is 0 Å². The van der Waals surface area contributed by atoms with Crippen LogP contribution >= 0.6 is 11.6 Å². The number of nitrogens with one attached hydrogen (secondary N) is 1. The third-order valence-electron chi connectivity index (χ3n) is 11.0. The van der Waals surface area contributed by atoms with Gasteiger partial charge in [-0.2, -0.15) is 0 Å². The van der Waals surface area contributed by atoms with Gasteiger partial charge in [-0.1, -0.05) is 87.1 Å². The SMILES string of the molecule is O=C(C1CCCCC1)N1CC(=O)N2CCc3ccccc3[C@@H]2C1.O=C(NCC(=O)N1CCc2ccccc2[C@@H]1CCl)C1CCCCC1.[H-].[Na+]. The van der Waals surface area contributed by atoms with Gasteiger partial charge in [0.1, 0.15) is 0 Å². The van der Waals surface area contributed by atoms with Gasteiger partial charge in [0, 0.05) is 37.4 Å². The Kier molecular flexibility index (Phi) is 13.5. The van der Waals surface area contributed by atoms with Gasteiger partial charge in [-0.15, -0.1) is 11.6 Å². The first-order valence-electron chi connectivity index (χ1n) is 17.8. The van der Waals surface area contributed by atoms with Gasteiger partial charge in [0.15, 0.2) is 0 Å². The third-order valence-corrected chi connectivity index (χ3v) is 11.3. The molecule has 0 unspecified atom stereocenters. The molecule has 2 aromatic rings. The normalized spacial score (nSPS) is 22.6. The predicted octanol–water partition coefficient (Wildman–Crippen LogP) is 2.70. The molecule has 254 valence electrons. The molecule has 2 aliphatic carbocycles. The van der Waals surface area contributed by atoms with Crippen molar-refractivity contribution in [3.8, 4) is 0 Å². The van der Waals surface area contributed by atoms with Crippen molar-refractivity contribution in [2.45, 2.75) is 89.1 Å². The van der Waals surface area contributed by atoms with Crippen LogP contribution in [-0.2, 0) is 32.0 Å². The molecule has 8 nitrogen and oxygen atoms in total. The number of amides is 4. The number of piperazine rings is 1. The summed E-state index contributed by atoms with van der Waals surface area (Å²) in [6.45, 7) is 2.45. The number of alkyl halides is 1. The third kappa shape index (κ3) is 8.48. The van der Waals surface area contributed by atoms with Crippen LogP contribution < -0.4 is 34.9 Å². The first-order chi connectivity index (χ1) is 22.9. The van der Waals surface area contributed by atoms with Crippen LogP contribution in [0.2, 0.25) is 0 Å². The maximum Gasteiger partial charge on any atom is 1.00 e. The summed E-state index contributed by atoms with van der Waals surface area (Å²) in [7, 11) is 0. The van der Waals surface area contributed by atoms with E-state index in [0.29, 0.717) is 19.0 Å². The molecule has 10 heteroatoms. The van der Waals surface area contributed by atoms with Crippen LogP contribution in [0.4, 0.5) is 0 Å². The van der Waals surface area contributed by atoms with Crippen LogP contribution in [0.1, 0.15) is 100.0 Å². The van der Waals surface area contributed by atoms with Crippen LogP contribution in [0, 0.1) is 11.8 Å². The minimum atomic E-state index is -0.101. The van der Waals surface area contributed by atoms with Gasteiger partial charge in [0.05, 0.1) is 25.2 Å². The van der Waals surface area contributed by atoms with E-state index in [1.807, 2.05) is 39.0 Å². The summed E-state index contributed by atoms with van der Waals surface area (Å²) in [6, 6.07) is 16.5. The Balaban J connectivity index is 0.000000212.